The molecule has 0 N–H and O–H groups in total. The number of piperazine rings is 1. The number of ether oxygens (including phenoxy) is 1. The Morgan fingerprint density at radius 1 is 0.857 bits per heavy atom. The average Bonchev–Trinajstić information content (AvgIpc) is 3.20. The minimum absolute atomic E-state index is 0.894. The molecule has 1 fully saturated rings. The van der Waals surface area contributed by atoms with E-state index in [2.05, 4.69) is 82.8 Å². The topological polar surface area (TPSA) is 33.5 Å². The lowest BCUT2D eigenvalue weighted by Crippen LogP contribution is -2.45. The largest absolute Gasteiger partial charge is 0.497 e. The van der Waals surface area contributed by atoms with E-state index in [1.807, 2.05) is 12.1 Å². The number of benzene rings is 3. The van der Waals surface area contributed by atoms with Gasteiger partial charge in [0.2, 0.25) is 0 Å². The van der Waals surface area contributed by atoms with E-state index in [-0.39, 0.29) is 0 Å². The normalized spacial score (nSPS) is 15.1. The Labute approximate surface area is 209 Å². The minimum atomic E-state index is 0.894. The molecule has 5 heteroatoms. The third-order valence-corrected chi connectivity index (χ3v) is 7.13. The molecular weight excluding hydrogens is 432 g/mol. The number of nitrogens with zero attached hydrogens (tertiary/aromatic N) is 4. The predicted molar refractivity (Wildman–Crippen MR) is 144 cm³/mol. The summed E-state index contributed by atoms with van der Waals surface area (Å²) in [6.45, 7) is 11.7. The van der Waals surface area contributed by atoms with Crippen LogP contribution in [0.4, 0.5) is 0 Å². The quantitative estimate of drug-likeness (QED) is 0.330. The summed E-state index contributed by atoms with van der Waals surface area (Å²) < 4.78 is 7.66. The SMILES string of the molecule is CCCn1c(C)nc2cc(CN3CCN(Cc4ccccc4-c4ccc(OC)cc4)CC3)ccc21. The molecule has 1 aromatic heterocycles. The zero-order chi connectivity index (χ0) is 24.2. The van der Waals surface area contributed by atoms with Crippen LogP contribution in [0, 0.1) is 6.92 Å². The molecule has 0 saturated carbocycles. The molecular formula is C30H36N4O. The Hall–Kier alpha value is -3.15. The maximum atomic E-state index is 5.33. The van der Waals surface area contributed by atoms with E-state index in [1.165, 1.54) is 27.8 Å². The summed E-state index contributed by atoms with van der Waals surface area (Å²) in [5.74, 6) is 2.01. The fraction of sp³-hybridized carbons (Fsp3) is 0.367. The number of imidazole rings is 1. The van der Waals surface area contributed by atoms with Gasteiger partial charge in [-0.25, -0.2) is 4.98 Å². The summed E-state index contributed by atoms with van der Waals surface area (Å²) >= 11 is 0. The molecule has 0 unspecified atom stereocenters. The molecule has 5 rings (SSSR count). The Kier molecular flexibility index (Phi) is 7.16. The van der Waals surface area contributed by atoms with Crippen molar-refractivity contribution in [2.75, 3.05) is 33.3 Å². The molecule has 2 heterocycles. The Balaban J connectivity index is 1.21. The van der Waals surface area contributed by atoms with Crippen molar-refractivity contribution < 1.29 is 4.74 Å². The highest BCUT2D eigenvalue weighted by Gasteiger charge is 2.19. The smallest absolute Gasteiger partial charge is 0.118 e. The molecule has 0 radical (unpaired) electrons. The lowest BCUT2D eigenvalue weighted by Gasteiger charge is -2.35. The van der Waals surface area contributed by atoms with Crippen LogP contribution >= 0.6 is 0 Å². The van der Waals surface area contributed by atoms with Crippen LogP contribution in [0.2, 0.25) is 0 Å². The summed E-state index contributed by atoms with van der Waals surface area (Å²) in [7, 11) is 1.71. The van der Waals surface area contributed by atoms with Crippen molar-refractivity contribution in [2.45, 2.75) is 39.9 Å². The van der Waals surface area contributed by atoms with E-state index >= 15 is 0 Å². The number of methoxy groups -OCH3 is 1. The highest BCUT2D eigenvalue weighted by molar-refractivity contribution is 5.77. The van der Waals surface area contributed by atoms with Gasteiger partial charge < -0.3 is 9.30 Å². The summed E-state index contributed by atoms with van der Waals surface area (Å²) in [6.07, 6.45) is 1.13. The van der Waals surface area contributed by atoms with Crippen LogP contribution < -0.4 is 4.74 Å². The first kappa shape index (κ1) is 23.6. The lowest BCUT2D eigenvalue weighted by atomic mass is 9.99. The molecule has 1 aliphatic rings. The molecule has 3 aromatic carbocycles. The van der Waals surface area contributed by atoms with Gasteiger partial charge in [0.15, 0.2) is 0 Å². The monoisotopic (exact) mass is 468 g/mol. The van der Waals surface area contributed by atoms with Crippen LogP contribution in [0.3, 0.4) is 0 Å². The first-order chi connectivity index (χ1) is 17.1. The Bertz CT molecular complexity index is 1270. The van der Waals surface area contributed by atoms with Gasteiger partial charge in [-0.1, -0.05) is 49.4 Å². The molecule has 1 aliphatic heterocycles. The zero-order valence-electron chi connectivity index (χ0n) is 21.2. The molecule has 1 saturated heterocycles. The van der Waals surface area contributed by atoms with Gasteiger partial charge in [0.05, 0.1) is 18.1 Å². The average molecular weight is 469 g/mol. The van der Waals surface area contributed by atoms with E-state index in [9.17, 15) is 0 Å². The summed E-state index contributed by atoms with van der Waals surface area (Å²) in [5, 5.41) is 0. The van der Waals surface area contributed by atoms with Crippen molar-refractivity contribution in [2.24, 2.45) is 0 Å². The van der Waals surface area contributed by atoms with Gasteiger partial charge in [-0.15, -0.1) is 0 Å². The van der Waals surface area contributed by atoms with Gasteiger partial charge >= 0.3 is 0 Å². The molecule has 0 bridgehead atoms. The van der Waals surface area contributed by atoms with Crippen LogP contribution in [-0.2, 0) is 19.6 Å². The van der Waals surface area contributed by atoms with Crippen LogP contribution in [0.5, 0.6) is 5.75 Å². The fourth-order valence-electron chi connectivity index (χ4n) is 5.22. The molecule has 0 atom stereocenters. The van der Waals surface area contributed by atoms with Crippen molar-refractivity contribution >= 4 is 11.0 Å². The van der Waals surface area contributed by atoms with Crippen LogP contribution in [-0.4, -0.2) is 52.6 Å². The standard InChI is InChI=1S/C30H36N4O/c1-4-15-34-23(2)31-29-20-24(9-14-30(29)34)21-32-16-18-33(19-17-32)22-26-7-5-6-8-28(26)25-10-12-27(35-3)13-11-25/h5-14,20H,4,15-19,21-22H2,1-3H3. The Morgan fingerprint density at radius 2 is 1.57 bits per heavy atom. The number of hydrogen-bond acceptors (Lipinski definition) is 4. The second-order valence-corrected chi connectivity index (χ2v) is 9.57. The van der Waals surface area contributed by atoms with Gasteiger partial charge in [0.25, 0.3) is 0 Å². The maximum Gasteiger partial charge on any atom is 0.118 e. The van der Waals surface area contributed by atoms with Gasteiger partial charge in [-0.05, 0) is 59.9 Å². The van der Waals surface area contributed by atoms with Crippen molar-refractivity contribution in [3.63, 3.8) is 0 Å². The maximum absolute atomic E-state index is 5.33. The number of aryl methyl sites for hydroxylation is 2. The van der Waals surface area contributed by atoms with Crippen LogP contribution in [0.25, 0.3) is 22.2 Å². The van der Waals surface area contributed by atoms with Gasteiger partial charge in [-0.2, -0.15) is 0 Å². The number of aromatic nitrogens is 2. The molecule has 5 nitrogen and oxygen atoms in total. The summed E-state index contributed by atoms with van der Waals surface area (Å²) in [6, 6.07) is 24.0. The minimum Gasteiger partial charge on any atom is -0.497 e. The molecule has 0 amide bonds. The zero-order valence-corrected chi connectivity index (χ0v) is 21.2. The summed E-state index contributed by atoms with van der Waals surface area (Å²) in [5.41, 5.74) is 7.68. The van der Waals surface area contributed by atoms with Crippen molar-refractivity contribution in [1.29, 1.82) is 0 Å². The fourth-order valence-corrected chi connectivity index (χ4v) is 5.22. The van der Waals surface area contributed by atoms with Crippen molar-refractivity contribution in [1.82, 2.24) is 19.4 Å². The van der Waals surface area contributed by atoms with E-state index in [1.54, 1.807) is 7.11 Å². The van der Waals surface area contributed by atoms with Crippen LogP contribution in [0.1, 0.15) is 30.3 Å². The van der Waals surface area contributed by atoms with Gasteiger partial charge in [0, 0.05) is 45.8 Å². The number of hydrogen-bond donors (Lipinski definition) is 0. The van der Waals surface area contributed by atoms with Gasteiger partial charge in [-0.3, -0.25) is 9.80 Å². The molecule has 0 spiro atoms. The number of rotatable bonds is 8. The number of fused-ring (bicyclic) bond motifs is 1. The molecule has 0 aliphatic carbocycles. The second kappa shape index (κ2) is 10.6. The highest BCUT2D eigenvalue weighted by Crippen LogP contribution is 2.27. The van der Waals surface area contributed by atoms with Crippen molar-refractivity contribution in [3.05, 3.63) is 83.7 Å². The molecule has 4 aromatic rings. The summed E-state index contributed by atoms with van der Waals surface area (Å²) in [4.78, 5) is 9.97. The Morgan fingerprint density at radius 3 is 2.29 bits per heavy atom. The van der Waals surface area contributed by atoms with Gasteiger partial charge in [0.1, 0.15) is 11.6 Å². The molecule has 35 heavy (non-hydrogen) atoms. The predicted octanol–water partition coefficient (Wildman–Crippen LogP) is 5.75. The van der Waals surface area contributed by atoms with Crippen molar-refractivity contribution in [3.8, 4) is 16.9 Å². The third kappa shape index (κ3) is 5.26. The first-order valence-electron chi connectivity index (χ1n) is 12.8. The van der Waals surface area contributed by atoms with E-state index < -0.39 is 0 Å². The first-order valence-corrected chi connectivity index (χ1v) is 12.8. The van der Waals surface area contributed by atoms with E-state index in [0.717, 1.165) is 69.3 Å². The highest BCUT2D eigenvalue weighted by atomic mass is 16.5. The van der Waals surface area contributed by atoms with Crippen LogP contribution in [0.15, 0.2) is 66.7 Å². The van der Waals surface area contributed by atoms with E-state index in [0.29, 0.717) is 0 Å². The van der Waals surface area contributed by atoms with E-state index in [4.69, 9.17) is 9.72 Å². The second-order valence-electron chi connectivity index (χ2n) is 9.57. The lowest BCUT2D eigenvalue weighted by molar-refractivity contribution is 0.122. The third-order valence-electron chi connectivity index (χ3n) is 7.13. The molecule has 182 valence electrons.